The van der Waals surface area contributed by atoms with Crippen molar-refractivity contribution in [3.63, 3.8) is 0 Å². The molecule has 0 amide bonds. The summed E-state index contributed by atoms with van der Waals surface area (Å²) < 4.78 is 5.58. The molecule has 0 unspecified atom stereocenters. The molecule has 0 radical (unpaired) electrons. The maximum Gasteiger partial charge on any atom is 0.225 e. The predicted octanol–water partition coefficient (Wildman–Crippen LogP) is 1.65. The fraction of sp³-hybridized carbons (Fsp3) is 0.667. The first-order valence-corrected chi connectivity index (χ1v) is 5.83. The van der Waals surface area contributed by atoms with Crippen molar-refractivity contribution in [3.8, 4) is 0 Å². The molecule has 1 aliphatic rings. The minimum absolute atomic E-state index is 0.754. The fourth-order valence-corrected chi connectivity index (χ4v) is 1.42. The number of hydrogen-bond acceptors (Lipinski definition) is 4. The van der Waals surface area contributed by atoms with Crippen molar-refractivity contribution in [2.45, 2.75) is 19.8 Å². The number of ether oxygens (including phenoxy) is 1. The zero-order valence-corrected chi connectivity index (χ0v) is 10.0. The van der Waals surface area contributed by atoms with E-state index in [2.05, 4.69) is 9.97 Å². The molecule has 16 heavy (non-hydrogen) atoms. The number of aryl methyl sites for hydroxylation is 1. The van der Waals surface area contributed by atoms with Crippen LogP contribution in [-0.4, -0.2) is 36.8 Å². The quantitative estimate of drug-likeness (QED) is 0.685. The molecule has 1 heterocycles. The van der Waals surface area contributed by atoms with Gasteiger partial charge >= 0.3 is 0 Å². The highest BCUT2D eigenvalue weighted by molar-refractivity contribution is 5.27. The maximum atomic E-state index is 5.58. The van der Waals surface area contributed by atoms with E-state index in [-0.39, 0.29) is 0 Å². The third-order valence-corrected chi connectivity index (χ3v) is 2.73. The highest BCUT2D eigenvalue weighted by Crippen LogP contribution is 2.28. The van der Waals surface area contributed by atoms with E-state index in [0.29, 0.717) is 0 Å². The van der Waals surface area contributed by atoms with Crippen LogP contribution in [0.4, 0.5) is 5.95 Å². The van der Waals surface area contributed by atoms with E-state index >= 15 is 0 Å². The number of anilines is 1. The molecule has 0 aromatic carbocycles. The molecule has 88 valence electrons. The van der Waals surface area contributed by atoms with E-state index in [1.807, 2.05) is 31.3 Å². The van der Waals surface area contributed by atoms with E-state index in [1.54, 1.807) is 0 Å². The van der Waals surface area contributed by atoms with Crippen molar-refractivity contribution in [1.29, 1.82) is 0 Å². The number of likely N-dealkylation sites (N-methyl/N-ethyl adjacent to an activating group) is 1. The van der Waals surface area contributed by atoms with Crippen LogP contribution in [0, 0.1) is 12.8 Å². The fourth-order valence-electron chi connectivity index (χ4n) is 1.42. The number of nitrogens with zero attached hydrogens (tertiary/aromatic N) is 3. The molecule has 0 atom stereocenters. The normalized spacial score (nSPS) is 15.1. The first kappa shape index (κ1) is 11.3. The highest BCUT2D eigenvalue weighted by Gasteiger charge is 2.20. The van der Waals surface area contributed by atoms with Gasteiger partial charge in [0.1, 0.15) is 0 Å². The largest absolute Gasteiger partial charge is 0.379 e. The molecule has 1 aromatic rings. The van der Waals surface area contributed by atoms with Gasteiger partial charge in [0.05, 0.1) is 6.61 Å². The Kier molecular flexibility index (Phi) is 3.72. The van der Waals surface area contributed by atoms with Crippen LogP contribution in [0.15, 0.2) is 12.4 Å². The molecule has 1 aromatic heterocycles. The summed E-state index contributed by atoms with van der Waals surface area (Å²) in [7, 11) is 1.99. The lowest BCUT2D eigenvalue weighted by Crippen LogP contribution is -2.24. The molecule has 4 nitrogen and oxygen atoms in total. The molecular formula is C12H19N3O. The highest BCUT2D eigenvalue weighted by atomic mass is 16.5. The molecular weight excluding hydrogens is 202 g/mol. The van der Waals surface area contributed by atoms with Gasteiger partial charge in [0, 0.05) is 32.6 Å². The van der Waals surface area contributed by atoms with E-state index in [4.69, 9.17) is 4.74 Å². The Morgan fingerprint density at radius 3 is 2.69 bits per heavy atom. The van der Waals surface area contributed by atoms with Crippen LogP contribution in [0.25, 0.3) is 0 Å². The molecule has 0 aliphatic heterocycles. The molecule has 1 fully saturated rings. The predicted molar refractivity (Wildman–Crippen MR) is 63.6 cm³/mol. The molecule has 0 N–H and O–H groups in total. The standard InChI is InChI=1S/C12H19N3O/c1-10-7-13-12(14-8-10)15(2)5-6-16-9-11-3-4-11/h7-8,11H,3-6,9H2,1-2H3. The van der Waals surface area contributed by atoms with Crippen molar-refractivity contribution >= 4 is 5.95 Å². The summed E-state index contributed by atoms with van der Waals surface area (Å²) in [4.78, 5) is 10.5. The molecule has 0 spiro atoms. The summed E-state index contributed by atoms with van der Waals surface area (Å²) in [6.07, 6.45) is 6.36. The monoisotopic (exact) mass is 221 g/mol. The lowest BCUT2D eigenvalue weighted by atomic mass is 10.4. The van der Waals surface area contributed by atoms with Crippen molar-refractivity contribution in [2.24, 2.45) is 5.92 Å². The molecule has 1 aliphatic carbocycles. The minimum Gasteiger partial charge on any atom is -0.379 e. The lowest BCUT2D eigenvalue weighted by molar-refractivity contribution is 0.130. The smallest absolute Gasteiger partial charge is 0.225 e. The lowest BCUT2D eigenvalue weighted by Gasteiger charge is -2.16. The second kappa shape index (κ2) is 5.25. The average molecular weight is 221 g/mol. The number of aromatic nitrogens is 2. The zero-order valence-electron chi connectivity index (χ0n) is 10.0. The van der Waals surface area contributed by atoms with Gasteiger partial charge in [-0.1, -0.05) is 0 Å². The third-order valence-electron chi connectivity index (χ3n) is 2.73. The Morgan fingerprint density at radius 1 is 1.38 bits per heavy atom. The van der Waals surface area contributed by atoms with Crippen molar-refractivity contribution in [2.75, 3.05) is 31.7 Å². The van der Waals surface area contributed by atoms with E-state index < -0.39 is 0 Å². The van der Waals surface area contributed by atoms with Crippen molar-refractivity contribution < 1.29 is 4.74 Å². The number of hydrogen-bond donors (Lipinski definition) is 0. The van der Waals surface area contributed by atoms with Crippen LogP contribution >= 0.6 is 0 Å². The molecule has 0 bridgehead atoms. The summed E-state index contributed by atoms with van der Waals surface area (Å²) in [6, 6.07) is 0. The molecule has 0 saturated heterocycles. The van der Waals surface area contributed by atoms with Gasteiger partial charge in [0.15, 0.2) is 0 Å². The van der Waals surface area contributed by atoms with Crippen molar-refractivity contribution in [3.05, 3.63) is 18.0 Å². The van der Waals surface area contributed by atoms with Crippen LogP contribution in [0.1, 0.15) is 18.4 Å². The van der Waals surface area contributed by atoms with Gasteiger partial charge in [-0.05, 0) is 31.2 Å². The van der Waals surface area contributed by atoms with Crippen LogP contribution < -0.4 is 4.90 Å². The molecule has 4 heteroatoms. The first-order valence-electron chi connectivity index (χ1n) is 5.83. The van der Waals surface area contributed by atoms with Gasteiger partial charge in [0.2, 0.25) is 5.95 Å². The maximum absolute atomic E-state index is 5.58. The van der Waals surface area contributed by atoms with Gasteiger partial charge in [-0.3, -0.25) is 0 Å². The van der Waals surface area contributed by atoms with E-state index in [0.717, 1.165) is 37.2 Å². The van der Waals surface area contributed by atoms with Crippen LogP contribution in [0.5, 0.6) is 0 Å². The van der Waals surface area contributed by atoms with E-state index in [1.165, 1.54) is 12.8 Å². The molecule has 2 rings (SSSR count). The summed E-state index contributed by atoms with van der Waals surface area (Å²) >= 11 is 0. The Bertz CT molecular complexity index is 322. The van der Waals surface area contributed by atoms with Gasteiger partial charge in [0.25, 0.3) is 0 Å². The first-order chi connectivity index (χ1) is 7.75. The minimum atomic E-state index is 0.754. The Hall–Kier alpha value is -1.16. The summed E-state index contributed by atoms with van der Waals surface area (Å²) in [5.74, 6) is 1.60. The molecule has 1 saturated carbocycles. The topological polar surface area (TPSA) is 38.2 Å². The summed E-state index contributed by atoms with van der Waals surface area (Å²) in [6.45, 7) is 4.51. The van der Waals surface area contributed by atoms with Crippen LogP contribution in [-0.2, 0) is 4.74 Å². The third kappa shape index (κ3) is 3.45. The second-order valence-corrected chi connectivity index (χ2v) is 4.50. The van der Waals surface area contributed by atoms with Crippen LogP contribution in [0.3, 0.4) is 0 Å². The second-order valence-electron chi connectivity index (χ2n) is 4.50. The van der Waals surface area contributed by atoms with E-state index in [9.17, 15) is 0 Å². The summed E-state index contributed by atoms with van der Waals surface area (Å²) in [5.41, 5.74) is 1.09. The van der Waals surface area contributed by atoms with Gasteiger partial charge in [-0.25, -0.2) is 9.97 Å². The number of rotatable bonds is 6. The average Bonchev–Trinajstić information content (AvgIpc) is 3.09. The van der Waals surface area contributed by atoms with Crippen LogP contribution in [0.2, 0.25) is 0 Å². The summed E-state index contributed by atoms with van der Waals surface area (Å²) in [5, 5.41) is 0. The Balaban J connectivity index is 1.69. The van der Waals surface area contributed by atoms with Crippen molar-refractivity contribution in [1.82, 2.24) is 9.97 Å². The van der Waals surface area contributed by atoms with Gasteiger partial charge in [-0.15, -0.1) is 0 Å². The Morgan fingerprint density at radius 2 is 2.06 bits per heavy atom. The zero-order chi connectivity index (χ0) is 11.4. The Labute approximate surface area is 96.7 Å². The SMILES string of the molecule is Cc1cnc(N(C)CCOCC2CC2)nc1. The van der Waals surface area contributed by atoms with Gasteiger partial charge < -0.3 is 9.64 Å². The van der Waals surface area contributed by atoms with Gasteiger partial charge in [-0.2, -0.15) is 0 Å².